The van der Waals surface area contributed by atoms with Crippen molar-refractivity contribution in [3.63, 3.8) is 0 Å². The standard InChI is InChI=1S/C16H21N5O3S/c1-20(2)25(22,23)21-13-3-4-14(21)10-12(9-13)16-18-15(19-24-16)11-5-7-17-8-6-11/h5-8,12-14H,3-4,9-10H2,1-2H3/t12?,13-,14+. The number of pyridine rings is 1. The van der Waals surface area contributed by atoms with Gasteiger partial charge < -0.3 is 4.52 Å². The van der Waals surface area contributed by atoms with Crippen molar-refractivity contribution in [1.82, 2.24) is 23.7 Å². The second-order valence-electron chi connectivity index (χ2n) is 6.87. The summed E-state index contributed by atoms with van der Waals surface area (Å²) in [5.74, 6) is 1.26. The summed E-state index contributed by atoms with van der Waals surface area (Å²) in [7, 11) is -0.220. The quantitative estimate of drug-likeness (QED) is 0.820. The molecular weight excluding hydrogens is 342 g/mol. The highest BCUT2D eigenvalue weighted by atomic mass is 32.2. The molecule has 2 fully saturated rings. The molecule has 0 spiro atoms. The van der Waals surface area contributed by atoms with Crippen LogP contribution in [0.3, 0.4) is 0 Å². The third kappa shape index (κ3) is 2.86. The Morgan fingerprint density at radius 1 is 1.16 bits per heavy atom. The smallest absolute Gasteiger partial charge is 0.281 e. The van der Waals surface area contributed by atoms with E-state index in [9.17, 15) is 8.42 Å². The third-order valence-electron chi connectivity index (χ3n) is 5.12. The van der Waals surface area contributed by atoms with E-state index in [4.69, 9.17) is 4.52 Å². The second-order valence-corrected chi connectivity index (χ2v) is 8.91. The lowest BCUT2D eigenvalue weighted by Gasteiger charge is -2.37. The van der Waals surface area contributed by atoms with Crippen LogP contribution in [0, 0.1) is 0 Å². The molecule has 0 aromatic carbocycles. The fraction of sp³-hybridized carbons (Fsp3) is 0.562. The summed E-state index contributed by atoms with van der Waals surface area (Å²) in [6.07, 6.45) is 6.61. The summed E-state index contributed by atoms with van der Waals surface area (Å²) in [5, 5.41) is 4.07. The van der Waals surface area contributed by atoms with E-state index in [0.29, 0.717) is 11.7 Å². The first-order valence-electron chi connectivity index (χ1n) is 8.42. The van der Waals surface area contributed by atoms with Crippen molar-refractivity contribution in [2.24, 2.45) is 0 Å². The van der Waals surface area contributed by atoms with Gasteiger partial charge in [-0.2, -0.15) is 22.0 Å². The van der Waals surface area contributed by atoms with Crippen LogP contribution in [0.5, 0.6) is 0 Å². The molecule has 25 heavy (non-hydrogen) atoms. The summed E-state index contributed by atoms with van der Waals surface area (Å²) >= 11 is 0. The number of aromatic nitrogens is 3. The van der Waals surface area contributed by atoms with Crippen LogP contribution in [-0.2, 0) is 10.2 Å². The number of hydrogen-bond donors (Lipinski definition) is 0. The molecule has 4 heterocycles. The van der Waals surface area contributed by atoms with Gasteiger partial charge in [0.2, 0.25) is 11.7 Å². The van der Waals surface area contributed by atoms with Gasteiger partial charge in [0.15, 0.2) is 0 Å². The van der Waals surface area contributed by atoms with Crippen LogP contribution in [0.1, 0.15) is 37.5 Å². The van der Waals surface area contributed by atoms with Crippen molar-refractivity contribution in [2.45, 2.75) is 43.7 Å². The lowest BCUT2D eigenvalue weighted by Crippen LogP contribution is -2.50. The van der Waals surface area contributed by atoms with Crippen LogP contribution >= 0.6 is 0 Å². The minimum atomic E-state index is -3.39. The van der Waals surface area contributed by atoms with Crippen LogP contribution in [0.15, 0.2) is 29.0 Å². The van der Waals surface area contributed by atoms with Gasteiger partial charge >= 0.3 is 0 Å². The Kier molecular flexibility index (Phi) is 4.09. The second kappa shape index (κ2) is 6.15. The lowest BCUT2D eigenvalue weighted by molar-refractivity contribution is 0.194. The van der Waals surface area contributed by atoms with Gasteiger partial charge in [0.1, 0.15) is 0 Å². The van der Waals surface area contributed by atoms with Crippen LogP contribution in [0.25, 0.3) is 11.4 Å². The Balaban J connectivity index is 1.55. The topological polar surface area (TPSA) is 92.4 Å². The van der Waals surface area contributed by atoms with E-state index in [0.717, 1.165) is 31.2 Å². The molecule has 0 amide bonds. The monoisotopic (exact) mass is 363 g/mol. The average Bonchev–Trinajstić information content (AvgIpc) is 3.19. The zero-order valence-electron chi connectivity index (χ0n) is 14.2. The fourth-order valence-electron chi connectivity index (χ4n) is 3.92. The maximum Gasteiger partial charge on any atom is 0.281 e. The first-order chi connectivity index (χ1) is 12.0. The van der Waals surface area contributed by atoms with E-state index in [-0.39, 0.29) is 18.0 Å². The normalized spacial score (nSPS) is 27.1. The summed E-state index contributed by atoms with van der Waals surface area (Å²) in [5.41, 5.74) is 0.862. The van der Waals surface area contributed by atoms with Gasteiger partial charge in [-0.15, -0.1) is 0 Å². The Labute approximate surface area is 147 Å². The van der Waals surface area contributed by atoms with Gasteiger partial charge in [-0.05, 0) is 37.8 Å². The van der Waals surface area contributed by atoms with Crippen molar-refractivity contribution >= 4 is 10.2 Å². The van der Waals surface area contributed by atoms with E-state index >= 15 is 0 Å². The van der Waals surface area contributed by atoms with Crippen LogP contribution in [0.2, 0.25) is 0 Å². The molecule has 134 valence electrons. The molecule has 0 saturated carbocycles. The van der Waals surface area contributed by atoms with Crippen molar-refractivity contribution in [2.75, 3.05) is 14.1 Å². The molecule has 0 aliphatic carbocycles. The van der Waals surface area contributed by atoms with Gasteiger partial charge in [0.05, 0.1) is 0 Å². The Morgan fingerprint density at radius 3 is 2.40 bits per heavy atom. The van der Waals surface area contributed by atoms with Crippen molar-refractivity contribution < 1.29 is 12.9 Å². The molecule has 9 heteroatoms. The first-order valence-corrected chi connectivity index (χ1v) is 9.81. The molecule has 0 N–H and O–H groups in total. The first kappa shape index (κ1) is 16.6. The Hall–Kier alpha value is -1.84. The molecule has 4 rings (SSSR count). The van der Waals surface area contributed by atoms with Crippen molar-refractivity contribution in [3.8, 4) is 11.4 Å². The van der Waals surface area contributed by atoms with Crippen LogP contribution < -0.4 is 0 Å². The Bertz CT molecular complexity index is 838. The highest BCUT2D eigenvalue weighted by molar-refractivity contribution is 7.86. The van der Waals surface area contributed by atoms with E-state index in [1.54, 1.807) is 30.8 Å². The summed E-state index contributed by atoms with van der Waals surface area (Å²) in [6.45, 7) is 0. The third-order valence-corrected chi connectivity index (χ3v) is 7.18. The predicted octanol–water partition coefficient (Wildman–Crippen LogP) is 1.65. The molecule has 2 saturated heterocycles. The molecule has 2 aromatic heterocycles. The van der Waals surface area contributed by atoms with Gasteiger partial charge in [0.25, 0.3) is 10.2 Å². The molecular formula is C16H21N5O3S. The zero-order valence-corrected chi connectivity index (χ0v) is 15.1. The van der Waals surface area contributed by atoms with E-state index in [2.05, 4.69) is 15.1 Å². The number of fused-ring (bicyclic) bond motifs is 2. The number of hydrogen-bond acceptors (Lipinski definition) is 6. The summed E-state index contributed by atoms with van der Waals surface area (Å²) in [4.78, 5) is 8.53. The SMILES string of the molecule is CN(C)S(=O)(=O)N1[C@@H]2CC[C@H]1CC(c1nc(-c3ccncc3)no1)C2. The van der Waals surface area contributed by atoms with Crippen molar-refractivity contribution in [1.29, 1.82) is 0 Å². The Morgan fingerprint density at radius 2 is 1.80 bits per heavy atom. The molecule has 2 bridgehead atoms. The van der Waals surface area contributed by atoms with Gasteiger partial charge in [0, 0.05) is 50.1 Å². The summed E-state index contributed by atoms with van der Waals surface area (Å²) in [6, 6.07) is 3.69. The maximum atomic E-state index is 12.6. The van der Waals surface area contributed by atoms with Crippen LogP contribution in [-0.4, -0.2) is 58.3 Å². The highest BCUT2D eigenvalue weighted by Crippen LogP contribution is 2.44. The lowest BCUT2D eigenvalue weighted by atomic mass is 9.92. The van der Waals surface area contributed by atoms with Gasteiger partial charge in [-0.1, -0.05) is 5.16 Å². The molecule has 1 unspecified atom stereocenters. The minimum absolute atomic E-state index is 0.00688. The molecule has 3 atom stereocenters. The van der Waals surface area contributed by atoms with E-state index in [1.807, 2.05) is 12.1 Å². The highest BCUT2D eigenvalue weighted by Gasteiger charge is 2.48. The zero-order chi connectivity index (χ0) is 17.6. The van der Waals surface area contributed by atoms with Crippen molar-refractivity contribution in [3.05, 3.63) is 30.4 Å². The molecule has 0 radical (unpaired) electrons. The van der Waals surface area contributed by atoms with Gasteiger partial charge in [-0.25, -0.2) is 0 Å². The summed E-state index contributed by atoms with van der Waals surface area (Å²) < 4.78 is 33.6. The van der Waals surface area contributed by atoms with E-state index in [1.165, 1.54) is 4.31 Å². The largest absolute Gasteiger partial charge is 0.339 e. The average molecular weight is 363 g/mol. The molecule has 2 aliphatic rings. The number of nitrogens with zero attached hydrogens (tertiary/aromatic N) is 5. The molecule has 2 aromatic rings. The predicted molar refractivity (Wildman–Crippen MR) is 90.8 cm³/mol. The minimum Gasteiger partial charge on any atom is -0.339 e. The fourth-order valence-corrected chi connectivity index (χ4v) is 5.43. The van der Waals surface area contributed by atoms with Gasteiger partial charge in [-0.3, -0.25) is 4.98 Å². The number of rotatable bonds is 4. The van der Waals surface area contributed by atoms with E-state index < -0.39 is 10.2 Å². The maximum absolute atomic E-state index is 12.6. The van der Waals surface area contributed by atoms with Crippen LogP contribution in [0.4, 0.5) is 0 Å². The molecule has 2 aliphatic heterocycles. The molecule has 8 nitrogen and oxygen atoms in total. The number of piperidine rings is 1.